The summed E-state index contributed by atoms with van der Waals surface area (Å²) < 4.78 is 0. The lowest BCUT2D eigenvalue weighted by molar-refractivity contribution is 0.192. The zero-order valence-electron chi connectivity index (χ0n) is 32.5. The monoisotopic (exact) mass is 734 g/mol. The van der Waals surface area contributed by atoms with Crippen LogP contribution >= 0.6 is 0 Å². The first-order chi connectivity index (χ1) is 28.0. The second kappa shape index (κ2) is 14.0. The van der Waals surface area contributed by atoms with E-state index in [4.69, 9.17) is 5.73 Å². The van der Waals surface area contributed by atoms with Gasteiger partial charge in [-0.05, 0) is 114 Å². The molecule has 1 aliphatic carbocycles. The summed E-state index contributed by atoms with van der Waals surface area (Å²) in [7, 11) is 0. The van der Waals surface area contributed by atoms with Crippen molar-refractivity contribution in [3.05, 3.63) is 228 Å². The Morgan fingerprint density at radius 2 is 1.16 bits per heavy atom. The van der Waals surface area contributed by atoms with Crippen molar-refractivity contribution in [2.24, 2.45) is 5.73 Å². The largest absolute Gasteiger partial charge is 0.312 e. The Hall–Kier alpha value is -6.32. The van der Waals surface area contributed by atoms with Crippen LogP contribution in [0.2, 0.25) is 0 Å². The maximum absolute atomic E-state index is 7.47. The predicted molar refractivity (Wildman–Crippen MR) is 240 cm³/mol. The van der Waals surface area contributed by atoms with Crippen LogP contribution in [0, 0.1) is 0 Å². The number of nitrogens with two attached hydrogens (primary N) is 1. The standard InChI is InChI=1S/C55H46N2/c1-3-37-19-10-16-30-49(37)55(36-41-24-9-12-26-43(41)45-28-14-18-32-51(45)55)54(2,57-53(56)39-21-5-4-6-22-39)50-31-17-15-29-47(50)52-44-27-13-8-23-40(44)35-48-42-25-11-7-20-38(42)33-34-46(48)52/h4-35,53,57H,3,36,56H2,1-2H3. The van der Waals surface area contributed by atoms with Gasteiger partial charge in [-0.3, -0.25) is 5.32 Å². The molecule has 0 radical (unpaired) electrons. The maximum atomic E-state index is 7.47. The van der Waals surface area contributed by atoms with Crippen LogP contribution < -0.4 is 11.1 Å². The molecule has 276 valence electrons. The summed E-state index contributed by atoms with van der Waals surface area (Å²) in [5.74, 6) is 0. The number of hydrogen-bond acceptors (Lipinski definition) is 2. The van der Waals surface area contributed by atoms with Crippen LogP contribution in [0.4, 0.5) is 0 Å². The Labute approximate surface area is 335 Å². The number of nitrogens with one attached hydrogen (secondary N) is 1. The van der Waals surface area contributed by atoms with Gasteiger partial charge >= 0.3 is 0 Å². The van der Waals surface area contributed by atoms with Crippen LogP contribution in [0.1, 0.15) is 53.4 Å². The van der Waals surface area contributed by atoms with Gasteiger partial charge in [0.1, 0.15) is 0 Å². The minimum absolute atomic E-state index is 0.465. The normalized spacial score (nSPS) is 16.5. The number of hydrogen-bond donors (Lipinski definition) is 2. The number of fused-ring (bicyclic) bond motifs is 7. The molecule has 0 saturated carbocycles. The van der Waals surface area contributed by atoms with Crippen molar-refractivity contribution >= 4 is 32.3 Å². The Balaban J connectivity index is 1.36. The van der Waals surface area contributed by atoms with Crippen molar-refractivity contribution < 1.29 is 0 Å². The molecule has 1 aliphatic rings. The average molecular weight is 735 g/mol. The molecule has 0 heterocycles. The molecular weight excluding hydrogens is 689 g/mol. The van der Waals surface area contributed by atoms with Gasteiger partial charge in [0, 0.05) is 5.41 Å². The highest BCUT2D eigenvalue weighted by Crippen LogP contribution is 2.58. The third kappa shape index (κ3) is 5.47. The van der Waals surface area contributed by atoms with Crippen LogP contribution in [0.25, 0.3) is 54.6 Å². The summed E-state index contributed by atoms with van der Waals surface area (Å²) >= 11 is 0. The summed E-state index contributed by atoms with van der Waals surface area (Å²) in [5.41, 5.74) is 18.7. The minimum atomic E-state index is -0.770. The van der Waals surface area contributed by atoms with Crippen LogP contribution in [0.5, 0.6) is 0 Å². The Bertz CT molecular complexity index is 2950. The van der Waals surface area contributed by atoms with Crippen molar-refractivity contribution in [2.45, 2.75) is 43.8 Å². The fourth-order valence-corrected chi connectivity index (χ4v) is 10.3. The molecule has 0 bridgehead atoms. The van der Waals surface area contributed by atoms with Gasteiger partial charge in [-0.2, -0.15) is 0 Å². The van der Waals surface area contributed by atoms with Gasteiger partial charge in [0.05, 0.1) is 11.7 Å². The molecule has 3 unspecified atom stereocenters. The lowest BCUT2D eigenvalue weighted by Gasteiger charge is -2.55. The highest BCUT2D eigenvalue weighted by atomic mass is 15.1. The fraction of sp³-hybridized carbons (Fsp3) is 0.127. The van der Waals surface area contributed by atoms with Gasteiger partial charge in [-0.1, -0.05) is 195 Å². The first-order valence-electron chi connectivity index (χ1n) is 20.3. The molecule has 0 aromatic heterocycles. The number of benzene rings is 9. The molecule has 0 spiro atoms. The SMILES string of the molecule is CCc1ccccc1C1(C(C)(NC(N)c2ccccc2)c2ccccc2-c2c3ccccc3cc3c2ccc2ccccc23)Cc2ccccc2-c2ccccc21. The summed E-state index contributed by atoms with van der Waals surface area (Å²) in [6, 6.07) is 71.6. The highest BCUT2D eigenvalue weighted by Gasteiger charge is 2.56. The third-order valence-corrected chi connectivity index (χ3v) is 13.0. The van der Waals surface area contributed by atoms with E-state index < -0.39 is 17.1 Å². The van der Waals surface area contributed by atoms with E-state index in [2.05, 4.69) is 213 Å². The molecule has 10 rings (SSSR count). The molecule has 9 aromatic rings. The molecule has 0 saturated heterocycles. The predicted octanol–water partition coefficient (Wildman–Crippen LogP) is 13.0. The minimum Gasteiger partial charge on any atom is -0.312 e. The van der Waals surface area contributed by atoms with Crippen LogP contribution in [0.3, 0.4) is 0 Å². The van der Waals surface area contributed by atoms with E-state index in [0.717, 1.165) is 18.4 Å². The van der Waals surface area contributed by atoms with E-state index in [1.54, 1.807) is 0 Å². The van der Waals surface area contributed by atoms with Crippen molar-refractivity contribution in [3.8, 4) is 22.3 Å². The summed E-state index contributed by atoms with van der Waals surface area (Å²) in [4.78, 5) is 0. The van der Waals surface area contributed by atoms with E-state index >= 15 is 0 Å². The first-order valence-corrected chi connectivity index (χ1v) is 20.3. The maximum Gasteiger partial charge on any atom is 0.0817 e. The summed E-state index contributed by atoms with van der Waals surface area (Å²) in [6.07, 6.45) is 1.23. The molecule has 2 heteroatoms. The van der Waals surface area contributed by atoms with Crippen molar-refractivity contribution in [1.82, 2.24) is 5.32 Å². The van der Waals surface area contributed by atoms with Crippen LogP contribution in [0.15, 0.2) is 194 Å². The Morgan fingerprint density at radius 1 is 0.544 bits per heavy atom. The van der Waals surface area contributed by atoms with Crippen LogP contribution in [-0.4, -0.2) is 0 Å². The number of rotatable bonds is 8. The van der Waals surface area contributed by atoms with Gasteiger partial charge in [0.15, 0.2) is 0 Å². The van der Waals surface area contributed by atoms with Crippen molar-refractivity contribution in [3.63, 3.8) is 0 Å². The molecule has 3 atom stereocenters. The average Bonchev–Trinajstić information content (AvgIpc) is 3.28. The first kappa shape index (κ1) is 35.1. The molecule has 0 amide bonds. The highest BCUT2D eigenvalue weighted by molar-refractivity contribution is 6.20. The van der Waals surface area contributed by atoms with E-state index in [1.165, 1.54) is 82.4 Å². The molecule has 2 nitrogen and oxygen atoms in total. The fourth-order valence-electron chi connectivity index (χ4n) is 10.3. The van der Waals surface area contributed by atoms with Gasteiger partial charge in [0.2, 0.25) is 0 Å². The van der Waals surface area contributed by atoms with Gasteiger partial charge in [-0.15, -0.1) is 0 Å². The van der Waals surface area contributed by atoms with Gasteiger partial charge < -0.3 is 5.73 Å². The van der Waals surface area contributed by atoms with Crippen LogP contribution in [-0.2, 0) is 23.8 Å². The molecule has 9 aromatic carbocycles. The lowest BCUT2D eigenvalue weighted by Crippen LogP contribution is -2.61. The molecule has 0 fully saturated rings. The van der Waals surface area contributed by atoms with Gasteiger partial charge in [0.25, 0.3) is 0 Å². The molecule has 57 heavy (non-hydrogen) atoms. The second-order valence-corrected chi connectivity index (χ2v) is 15.9. The topological polar surface area (TPSA) is 38.0 Å². The zero-order chi connectivity index (χ0) is 38.6. The van der Waals surface area contributed by atoms with Gasteiger partial charge in [-0.25, -0.2) is 0 Å². The summed E-state index contributed by atoms with van der Waals surface area (Å²) in [6.45, 7) is 4.73. The Morgan fingerprint density at radius 3 is 1.96 bits per heavy atom. The van der Waals surface area contributed by atoms with E-state index in [0.29, 0.717) is 0 Å². The smallest absolute Gasteiger partial charge is 0.0817 e. The van der Waals surface area contributed by atoms with E-state index in [9.17, 15) is 0 Å². The quantitative estimate of drug-likeness (QED) is 0.0927. The molecular formula is C55H46N2. The lowest BCUT2D eigenvalue weighted by atomic mass is 9.52. The summed E-state index contributed by atoms with van der Waals surface area (Å²) in [5, 5.41) is 11.7. The molecule has 0 aliphatic heterocycles. The molecule has 3 N–H and O–H groups in total. The number of aryl methyl sites for hydroxylation is 1. The zero-order valence-corrected chi connectivity index (χ0v) is 32.5. The van der Waals surface area contributed by atoms with E-state index in [-0.39, 0.29) is 0 Å². The van der Waals surface area contributed by atoms with E-state index in [1.807, 2.05) is 0 Å². The second-order valence-electron chi connectivity index (χ2n) is 15.9. The Kier molecular flexibility index (Phi) is 8.63. The third-order valence-electron chi connectivity index (χ3n) is 13.0. The van der Waals surface area contributed by atoms with Crippen molar-refractivity contribution in [2.75, 3.05) is 0 Å². The van der Waals surface area contributed by atoms with Crippen molar-refractivity contribution in [1.29, 1.82) is 0 Å².